The SMILES string of the molecule is CCn1nc(C)c2c3[nH]c4ccnn4c(=O)c3c(C)nc21. The zero-order chi connectivity index (χ0) is 14.7. The number of nitrogens with one attached hydrogen (secondary N) is 1. The van der Waals surface area contributed by atoms with E-state index in [4.69, 9.17) is 0 Å². The topological polar surface area (TPSA) is 80.9 Å². The van der Waals surface area contributed by atoms with Crippen LogP contribution in [0.25, 0.3) is 27.6 Å². The van der Waals surface area contributed by atoms with Crippen LogP contribution in [0.15, 0.2) is 17.1 Å². The van der Waals surface area contributed by atoms with Crippen molar-refractivity contribution >= 4 is 27.6 Å². The summed E-state index contributed by atoms with van der Waals surface area (Å²) in [4.78, 5) is 20.5. The van der Waals surface area contributed by atoms with Gasteiger partial charge in [-0.3, -0.25) is 4.79 Å². The van der Waals surface area contributed by atoms with Crippen LogP contribution < -0.4 is 5.56 Å². The van der Waals surface area contributed by atoms with Gasteiger partial charge in [0.25, 0.3) is 5.56 Å². The zero-order valence-corrected chi connectivity index (χ0v) is 12.0. The van der Waals surface area contributed by atoms with E-state index in [1.54, 1.807) is 12.3 Å². The lowest BCUT2D eigenvalue weighted by atomic mass is 10.1. The molecule has 0 fully saturated rings. The van der Waals surface area contributed by atoms with E-state index in [0.29, 0.717) is 16.7 Å². The first-order valence-corrected chi connectivity index (χ1v) is 6.85. The largest absolute Gasteiger partial charge is 0.339 e. The van der Waals surface area contributed by atoms with Gasteiger partial charge in [0.15, 0.2) is 5.65 Å². The highest BCUT2D eigenvalue weighted by molar-refractivity contribution is 6.04. The smallest absolute Gasteiger partial charge is 0.284 e. The predicted octanol–water partition coefficient (Wildman–Crippen LogP) is 1.56. The number of H-pyrrole nitrogens is 1. The molecule has 4 aromatic rings. The van der Waals surface area contributed by atoms with E-state index in [-0.39, 0.29) is 5.56 Å². The number of fused-ring (bicyclic) bond motifs is 4. The van der Waals surface area contributed by atoms with Gasteiger partial charge in [-0.05, 0) is 20.8 Å². The number of hydrogen-bond donors (Lipinski definition) is 1. The van der Waals surface area contributed by atoms with Crippen LogP contribution in [0, 0.1) is 13.8 Å². The van der Waals surface area contributed by atoms with Gasteiger partial charge in [0.1, 0.15) is 5.65 Å². The zero-order valence-electron chi connectivity index (χ0n) is 12.0. The van der Waals surface area contributed by atoms with Gasteiger partial charge in [0, 0.05) is 12.6 Å². The molecule has 0 saturated carbocycles. The molecule has 21 heavy (non-hydrogen) atoms. The van der Waals surface area contributed by atoms with E-state index < -0.39 is 0 Å². The second kappa shape index (κ2) is 3.91. The van der Waals surface area contributed by atoms with E-state index in [1.807, 2.05) is 25.5 Å². The van der Waals surface area contributed by atoms with E-state index >= 15 is 0 Å². The van der Waals surface area contributed by atoms with Crippen molar-refractivity contribution in [1.82, 2.24) is 29.4 Å². The summed E-state index contributed by atoms with van der Waals surface area (Å²) in [7, 11) is 0. The van der Waals surface area contributed by atoms with Crippen LogP contribution in [0.4, 0.5) is 0 Å². The molecular formula is C14H14N6O. The molecule has 0 amide bonds. The number of pyridine rings is 1. The van der Waals surface area contributed by atoms with Gasteiger partial charge in [-0.1, -0.05) is 0 Å². The number of aryl methyl sites for hydroxylation is 3. The second-order valence-electron chi connectivity index (χ2n) is 5.11. The summed E-state index contributed by atoms with van der Waals surface area (Å²) in [6.45, 7) is 6.54. The Morgan fingerprint density at radius 3 is 2.81 bits per heavy atom. The molecular weight excluding hydrogens is 268 g/mol. The van der Waals surface area contributed by atoms with Gasteiger partial charge in [0.05, 0.1) is 33.9 Å². The summed E-state index contributed by atoms with van der Waals surface area (Å²) < 4.78 is 3.22. The highest BCUT2D eigenvalue weighted by Gasteiger charge is 2.17. The van der Waals surface area contributed by atoms with Crippen molar-refractivity contribution in [3.8, 4) is 0 Å². The lowest BCUT2D eigenvalue weighted by molar-refractivity contribution is 0.669. The highest BCUT2D eigenvalue weighted by atomic mass is 16.1. The number of aromatic amines is 1. The van der Waals surface area contributed by atoms with Crippen molar-refractivity contribution in [3.63, 3.8) is 0 Å². The summed E-state index contributed by atoms with van der Waals surface area (Å²) in [5, 5.41) is 10.0. The Morgan fingerprint density at radius 2 is 2.05 bits per heavy atom. The Bertz CT molecular complexity index is 1070. The third-order valence-corrected chi connectivity index (χ3v) is 3.84. The van der Waals surface area contributed by atoms with Crippen LogP contribution >= 0.6 is 0 Å². The molecule has 0 aliphatic rings. The molecule has 7 nitrogen and oxygen atoms in total. The molecule has 0 aliphatic carbocycles. The normalized spacial score (nSPS) is 12.0. The maximum absolute atomic E-state index is 12.6. The van der Waals surface area contributed by atoms with Gasteiger partial charge in [0.2, 0.25) is 0 Å². The molecule has 1 N–H and O–H groups in total. The van der Waals surface area contributed by atoms with Crippen molar-refractivity contribution in [1.29, 1.82) is 0 Å². The van der Waals surface area contributed by atoms with Crippen molar-refractivity contribution < 1.29 is 0 Å². The summed E-state index contributed by atoms with van der Waals surface area (Å²) in [5.41, 5.74) is 3.66. The first-order chi connectivity index (χ1) is 10.1. The molecule has 0 atom stereocenters. The number of hydrogen-bond acceptors (Lipinski definition) is 4. The van der Waals surface area contributed by atoms with E-state index in [1.165, 1.54) is 4.52 Å². The number of rotatable bonds is 1. The van der Waals surface area contributed by atoms with E-state index in [9.17, 15) is 4.79 Å². The Balaban J connectivity index is 2.37. The third-order valence-electron chi connectivity index (χ3n) is 3.84. The Morgan fingerprint density at radius 1 is 1.24 bits per heavy atom. The monoisotopic (exact) mass is 282 g/mol. The second-order valence-corrected chi connectivity index (χ2v) is 5.11. The molecule has 0 aromatic carbocycles. The molecule has 0 spiro atoms. The molecule has 0 unspecified atom stereocenters. The van der Waals surface area contributed by atoms with Crippen LogP contribution in [0.1, 0.15) is 18.3 Å². The molecule has 0 radical (unpaired) electrons. The van der Waals surface area contributed by atoms with Crippen molar-refractivity contribution in [3.05, 3.63) is 34.0 Å². The van der Waals surface area contributed by atoms with Gasteiger partial charge in [-0.25, -0.2) is 9.67 Å². The lowest BCUT2D eigenvalue weighted by Crippen LogP contribution is -2.17. The molecule has 0 saturated heterocycles. The highest BCUT2D eigenvalue weighted by Crippen LogP contribution is 2.25. The molecule has 7 heteroatoms. The van der Waals surface area contributed by atoms with Crippen LogP contribution in [0.2, 0.25) is 0 Å². The summed E-state index contributed by atoms with van der Waals surface area (Å²) in [6.07, 6.45) is 1.61. The minimum Gasteiger partial charge on any atom is -0.339 e. The average molecular weight is 282 g/mol. The summed E-state index contributed by atoms with van der Waals surface area (Å²) in [5.74, 6) is 0. The number of nitrogens with zero attached hydrogens (tertiary/aromatic N) is 5. The molecule has 4 heterocycles. The van der Waals surface area contributed by atoms with Gasteiger partial charge in [-0.2, -0.15) is 14.7 Å². The van der Waals surface area contributed by atoms with Gasteiger partial charge in [-0.15, -0.1) is 0 Å². The fraction of sp³-hybridized carbons (Fsp3) is 0.286. The number of aromatic nitrogens is 6. The Labute approximate surface area is 119 Å². The van der Waals surface area contributed by atoms with Crippen LogP contribution in [0.3, 0.4) is 0 Å². The first-order valence-electron chi connectivity index (χ1n) is 6.85. The minimum atomic E-state index is -0.153. The van der Waals surface area contributed by atoms with Crippen molar-refractivity contribution in [2.75, 3.05) is 0 Å². The lowest BCUT2D eigenvalue weighted by Gasteiger charge is -2.05. The molecule has 0 bridgehead atoms. The maximum atomic E-state index is 12.6. The molecule has 0 aliphatic heterocycles. The minimum absolute atomic E-state index is 0.153. The summed E-state index contributed by atoms with van der Waals surface area (Å²) in [6, 6.07) is 1.78. The predicted molar refractivity (Wildman–Crippen MR) is 79.6 cm³/mol. The molecule has 106 valence electrons. The Kier molecular flexibility index (Phi) is 2.25. The van der Waals surface area contributed by atoms with Gasteiger partial charge < -0.3 is 4.98 Å². The van der Waals surface area contributed by atoms with Crippen molar-refractivity contribution in [2.45, 2.75) is 27.3 Å². The van der Waals surface area contributed by atoms with Crippen molar-refractivity contribution in [2.24, 2.45) is 0 Å². The van der Waals surface area contributed by atoms with E-state index in [0.717, 1.165) is 28.8 Å². The third kappa shape index (κ3) is 1.43. The van der Waals surface area contributed by atoms with Crippen LogP contribution in [-0.4, -0.2) is 29.4 Å². The van der Waals surface area contributed by atoms with Crippen LogP contribution in [-0.2, 0) is 6.54 Å². The quantitative estimate of drug-likeness (QED) is 0.574. The standard InChI is InChI=1S/C14H14N6O/c1-4-19-13-10(8(3)18-19)12-11(7(2)16-13)14(21)20-9(17-12)5-6-15-20/h5-6,17H,4H2,1-3H3. The van der Waals surface area contributed by atoms with Crippen LogP contribution in [0.5, 0.6) is 0 Å². The first kappa shape index (κ1) is 12.1. The Hall–Kier alpha value is -2.70. The van der Waals surface area contributed by atoms with E-state index in [2.05, 4.69) is 20.2 Å². The fourth-order valence-electron chi connectivity index (χ4n) is 2.90. The molecule has 4 aromatic heterocycles. The average Bonchev–Trinajstić information content (AvgIpc) is 3.03. The summed E-state index contributed by atoms with van der Waals surface area (Å²) >= 11 is 0. The molecule has 4 rings (SSSR count). The fourth-order valence-corrected chi connectivity index (χ4v) is 2.90. The van der Waals surface area contributed by atoms with Gasteiger partial charge >= 0.3 is 0 Å². The maximum Gasteiger partial charge on any atom is 0.284 e.